The quantitative estimate of drug-likeness (QED) is 0.774. The van der Waals surface area contributed by atoms with E-state index in [2.05, 4.69) is 16.2 Å². The second-order valence-corrected chi connectivity index (χ2v) is 3.21. The highest BCUT2D eigenvalue weighted by Gasteiger charge is 2.02. The van der Waals surface area contributed by atoms with Gasteiger partial charge in [-0.1, -0.05) is 5.92 Å². The van der Waals surface area contributed by atoms with Crippen LogP contribution in [-0.4, -0.2) is 4.98 Å². The van der Waals surface area contributed by atoms with Gasteiger partial charge in [0.15, 0.2) is 0 Å². The molecule has 2 aromatic rings. The topological polar surface area (TPSA) is 24.9 Å². The Labute approximate surface area is 93.2 Å². The van der Waals surface area contributed by atoms with Gasteiger partial charge in [0, 0.05) is 11.8 Å². The lowest BCUT2D eigenvalue weighted by atomic mass is 10.2. The summed E-state index contributed by atoms with van der Waals surface area (Å²) in [5, 5.41) is 2.92. The van der Waals surface area contributed by atoms with Crippen LogP contribution in [0, 0.1) is 18.2 Å². The Bertz CT molecular complexity index is 529. The number of terminal acetylenes is 1. The molecule has 1 N–H and O–H groups in total. The predicted octanol–water partition coefficient (Wildman–Crippen LogP) is 2.95. The first-order valence-corrected chi connectivity index (χ1v) is 4.73. The lowest BCUT2D eigenvalue weighted by molar-refractivity contribution is 0.631. The van der Waals surface area contributed by atoms with E-state index in [0.29, 0.717) is 11.3 Å². The van der Waals surface area contributed by atoms with E-state index in [1.54, 1.807) is 30.6 Å². The van der Waals surface area contributed by atoms with E-state index < -0.39 is 0 Å². The van der Waals surface area contributed by atoms with Crippen LogP contribution in [0.4, 0.5) is 15.8 Å². The van der Waals surface area contributed by atoms with E-state index in [4.69, 9.17) is 6.42 Å². The Morgan fingerprint density at radius 1 is 1.31 bits per heavy atom. The van der Waals surface area contributed by atoms with Crippen LogP contribution < -0.4 is 5.32 Å². The minimum atomic E-state index is -0.376. The summed E-state index contributed by atoms with van der Waals surface area (Å²) in [5.41, 5.74) is 1.64. The Morgan fingerprint density at radius 3 is 2.81 bits per heavy atom. The third kappa shape index (κ3) is 2.18. The molecule has 0 fully saturated rings. The van der Waals surface area contributed by atoms with Crippen molar-refractivity contribution in [3.05, 3.63) is 54.1 Å². The minimum Gasteiger partial charge on any atom is -0.352 e. The molecule has 0 atom stereocenters. The second-order valence-electron chi connectivity index (χ2n) is 3.21. The molecule has 2 rings (SSSR count). The number of aromatic nitrogens is 1. The van der Waals surface area contributed by atoms with Gasteiger partial charge >= 0.3 is 0 Å². The van der Waals surface area contributed by atoms with E-state index in [1.807, 2.05) is 6.07 Å². The molecule has 0 unspecified atom stereocenters. The number of rotatable bonds is 2. The van der Waals surface area contributed by atoms with Crippen molar-refractivity contribution >= 4 is 11.4 Å². The first-order valence-electron chi connectivity index (χ1n) is 4.73. The lowest BCUT2D eigenvalue weighted by Crippen LogP contribution is -1.94. The molecule has 78 valence electrons. The molecule has 0 amide bonds. The SMILES string of the molecule is C#Cc1ccc(Nc2cccnc2)c(F)c1. The first kappa shape index (κ1) is 10.2. The summed E-state index contributed by atoms with van der Waals surface area (Å²) in [6.07, 6.45) is 8.45. The van der Waals surface area contributed by atoms with Gasteiger partial charge in [0.2, 0.25) is 0 Å². The third-order valence-corrected chi connectivity index (χ3v) is 2.08. The Balaban J connectivity index is 2.27. The van der Waals surface area contributed by atoms with Crippen molar-refractivity contribution in [3.63, 3.8) is 0 Å². The van der Waals surface area contributed by atoms with Gasteiger partial charge in [-0.25, -0.2) is 4.39 Å². The molecule has 0 bridgehead atoms. The van der Waals surface area contributed by atoms with Gasteiger partial charge in [0.1, 0.15) is 5.82 Å². The summed E-state index contributed by atoms with van der Waals surface area (Å²) in [6.45, 7) is 0. The third-order valence-electron chi connectivity index (χ3n) is 2.08. The fourth-order valence-electron chi connectivity index (χ4n) is 1.30. The van der Waals surface area contributed by atoms with Gasteiger partial charge < -0.3 is 5.32 Å². The monoisotopic (exact) mass is 212 g/mol. The predicted molar refractivity (Wildman–Crippen MR) is 61.9 cm³/mol. The zero-order valence-corrected chi connectivity index (χ0v) is 8.44. The molecule has 0 saturated carbocycles. The summed E-state index contributed by atoms with van der Waals surface area (Å²) in [7, 11) is 0. The van der Waals surface area contributed by atoms with Gasteiger partial charge in [0.25, 0.3) is 0 Å². The minimum absolute atomic E-state index is 0.376. The van der Waals surface area contributed by atoms with E-state index in [-0.39, 0.29) is 5.82 Å². The highest BCUT2D eigenvalue weighted by molar-refractivity contribution is 5.60. The van der Waals surface area contributed by atoms with E-state index in [9.17, 15) is 4.39 Å². The van der Waals surface area contributed by atoms with Gasteiger partial charge in [-0.2, -0.15) is 0 Å². The summed E-state index contributed by atoms with van der Waals surface area (Å²) in [6, 6.07) is 8.19. The van der Waals surface area contributed by atoms with Crippen LogP contribution in [0.2, 0.25) is 0 Å². The molecule has 0 aliphatic carbocycles. The molecule has 16 heavy (non-hydrogen) atoms. The zero-order valence-electron chi connectivity index (χ0n) is 8.44. The highest BCUT2D eigenvalue weighted by atomic mass is 19.1. The average molecular weight is 212 g/mol. The van der Waals surface area contributed by atoms with Crippen LogP contribution >= 0.6 is 0 Å². The standard InChI is InChI=1S/C13H9FN2/c1-2-10-5-6-13(12(14)8-10)16-11-4-3-7-15-9-11/h1,3-9,16H. The number of hydrogen-bond acceptors (Lipinski definition) is 2. The summed E-state index contributed by atoms with van der Waals surface area (Å²) >= 11 is 0. The van der Waals surface area contributed by atoms with Crippen LogP contribution in [0.1, 0.15) is 5.56 Å². The van der Waals surface area contributed by atoms with Crippen LogP contribution in [0.25, 0.3) is 0 Å². The normalized spacial score (nSPS) is 9.50. The van der Waals surface area contributed by atoms with E-state index >= 15 is 0 Å². The molecule has 1 heterocycles. The van der Waals surface area contributed by atoms with Crippen molar-refractivity contribution in [2.75, 3.05) is 5.32 Å². The molecule has 0 aliphatic rings. The van der Waals surface area contributed by atoms with Gasteiger partial charge in [-0.15, -0.1) is 6.42 Å². The Hall–Kier alpha value is -2.34. The molecule has 2 nitrogen and oxygen atoms in total. The largest absolute Gasteiger partial charge is 0.352 e. The molecule has 0 saturated heterocycles. The molecule has 0 aliphatic heterocycles. The molecule has 1 aromatic heterocycles. The van der Waals surface area contributed by atoms with Crippen molar-refractivity contribution in [3.8, 4) is 12.3 Å². The molecule has 3 heteroatoms. The van der Waals surface area contributed by atoms with Crippen molar-refractivity contribution in [1.29, 1.82) is 0 Å². The summed E-state index contributed by atoms with van der Waals surface area (Å²) in [4.78, 5) is 3.93. The molecular formula is C13H9FN2. The van der Waals surface area contributed by atoms with Crippen molar-refractivity contribution in [1.82, 2.24) is 4.98 Å². The maximum Gasteiger partial charge on any atom is 0.147 e. The van der Waals surface area contributed by atoms with Crippen LogP contribution in [0.3, 0.4) is 0 Å². The Kier molecular flexibility index (Phi) is 2.84. The zero-order chi connectivity index (χ0) is 11.4. The molecule has 1 aromatic carbocycles. The average Bonchev–Trinajstić information content (AvgIpc) is 2.33. The van der Waals surface area contributed by atoms with Gasteiger partial charge in [0.05, 0.1) is 17.6 Å². The number of nitrogens with one attached hydrogen (secondary N) is 1. The number of nitrogens with zero attached hydrogens (tertiary/aromatic N) is 1. The maximum absolute atomic E-state index is 13.5. The van der Waals surface area contributed by atoms with Crippen LogP contribution in [-0.2, 0) is 0 Å². The molecular weight excluding hydrogens is 203 g/mol. The van der Waals surface area contributed by atoms with Crippen molar-refractivity contribution in [2.24, 2.45) is 0 Å². The second kappa shape index (κ2) is 4.45. The maximum atomic E-state index is 13.5. The van der Waals surface area contributed by atoms with Crippen molar-refractivity contribution < 1.29 is 4.39 Å². The fourth-order valence-corrected chi connectivity index (χ4v) is 1.30. The van der Waals surface area contributed by atoms with Gasteiger partial charge in [-0.05, 0) is 30.3 Å². The smallest absolute Gasteiger partial charge is 0.147 e. The summed E-state index contributed by atoms with van der Waals surface area (Å²) < 4.78 is 13.5. The van der Waals surface area contributed by atoms with E-state index in [1.165, 1.54) is 6.07 Å². The number of halogens is 1. The number of anilines is 2. The molecule has 0 radical (unpaired) electrons. The number of pyridine rings is 1. The van der Waals surface area contributed by atoms with Crippen molar-refractivity contribution in [2.45, 2.75) is 0 Å². The highest BCUT2D eigenvalue weighted by Crippen LogP contribution is 2.19. The lowest BCUT2D eigenvalue weighted by Gasteiger charge is -2.06. The van der Waals surface area contributed by atoms with Gasteiger partial charge in [-0.3, -0.25) is 4.98 Å². The number of benzene rings is 1. The first-order chi connectivity index (χ1) is 7.79. The van der Waals surface area contributed by atoms with E-state index in [0.717, 1.165) is 5.69 Å². The molecule has 0 spiro atoms. The Morgan fingerprint density at radius 2 is 2.19 bits per heavy atom. The van der Waals surface area contributed by atoms with Crippen LogP contribution in [0.15, 0.2) is 42.7 Å². The fraction of sp³-hybridized carbons (Fsp3) is 0. The number of hydrogen-bond donors (Lipinski definition) is 1. The summed E-state index contributed by atoms with van der Waals surface area (Å²) in [5.74, 6) is 2.00. The van der Waals surface area contributed by atoms with Crippen LogP contribution in [0.5, 0.6) is 0 Å².